The van der Waals surface area contributed by atoms with E-state index >= 15 is 0 Å². The molecule has 0 aliphatic carbocycles. The van der Waals surface area contributed by atoms with Crippen molar-refractivity contribution in [2.45, 2.75) is 58.5 Å². The summed E-state index contributed by atoms with van der Waals surface area (Å²) in [7, 11) is 0. The largest absolute Gasteiger partial charge is 0.353 e. The Labute approximate surface area is 93.0 Å². The maximum Gasteiger partial charge on any atom is 0.223 e. The van der Waals surface area contributed by atoms with Gasteiger partial charge >= 0.3 is 0 Å². The van der Waals surface area contributed by atoms with Gasteiger partial charge in [-0.05, 0) is 39.2 Å². The Morgan fingerprint density at radius 1 is 1.47 bits per heavy atom. The predicted octanol–water partition coefficient (Wildman–Crippen LogP) is 1.68. The van der Waals surface area contributed by atoms with Crippen LogP contribution >= 0.6 is 0 Å². The molecule has 0 spiro atoms. The molecule has 1 amide bonds. The van der Waals surface area contributed by atoms with Crippen molar-refractivity contribution in [1.29, 1.82) is 0 Å². The summed E-state index contributed by atoms with van der Waals surface area (Å²) in [6.45, 7) is 7.37. The first-order chi connectivity index (χ1) is 7.17. The lowest BCUT2D eigenvalue weighted by atomic mass is 9.92. The molecular weight excluding hydrogens is 188 g/mol. The SMILES string of the molecule is CCC(CC)NC(=O)[C@H]1CCN[C@@H](C)C1. The van der Waals surface area contributed by atoms with Gasteiger partial charge in [0.05, 0.1) is 0 Å². The second kappa shape index (κ2) is 6.11. The Kier molecular flexibility index (Phi) is 5.09. The van der Waals surface area contributed by atoms with Crippen molar-refractivity contribution < 1.29 is 4.79 Å². The molecule has 0 saturated carbocycles. The van der Waals surface area contributed by atoms with E-state index in [-0.39, 0.29) is 11.8 Å². The van der Waals surface area contributed by atoms with E-state index in [4.69, 9.17) is 0 Å². The van der Waals surface area contributed by atoms with Crippen LogP contribution in [0, 0.1) is 5.92 Å². The Morgan fingerprint density at radius 3 is 2.67 bits per heavy atom. The van der Waals surface area contributed by atoms with Crippen LogP contribution in [-0.2, 0) is 4.79 Å². The van der Waals surface area contributed by atoms with Crippen LogP contribution in [0.25, 0.3) is 0 Å². The van der Waals surface area contributed by atoms with E-state index in [1.807, 2.05) is 0 Å². The molecular formula is C12H24N2O. The van der Waals surface area contributed by atoms with Crippen LogP contribution in [0.1, 0.15) is 46.5 Å². The smallest absolute Gasteiger partial charge is 0.223 e. The summed E-state index contributed by atoms with van der Waals surface area (Å²) in [6, 6.07) is 0.846. The molecule has 0 bridgehead atoms. The number of hydrogen-bond acceptors (Lipinski definition) is 2. The zero-order chi connectivity index (χ0) is 11.3. The lowest BCUT2D eigenvalue weighted by Gasteiger charge is -2.28. The van der Waals surface area contributed by atoms with Crippen molar-refractivity contribution in [1.82, 2.24) is 10.6 Å². The van der Waals surface area contributed by atoms with Crippen molar-refractivity contribution in [2.24, 2.45) is 5.92 Å². The number of rotatable bonds is 4. The molecule has 0 radical (unpaired) electrons. The molecule has 0 aromatic rings. The fourth-order valence-corrected chi connectivity index (χ4v) is 2.18. The van der Waals surface area contributed by atoms with Gasteiger partial charge in [-0.1, -0.05) is 13.8 Å². The molecule has 3 heteroatoms. The number of nitrogens with one attached hydrogen (secondary N) is 2. The maximum absolute atomic E-state index is 11.9. The van der Waals surface area contributed by atoms with Gasteiger partial charge in [0.1, 0.15) is 0 Å². The molecule has 1 rings (SSSR count). The number of carbonyl (C=O) groups excluding carboxylic acids is 1. The van der Waals surface area contributed by atoms with Gasteiger partial charge in [-0.15, -0.1) is 0 Å². The number of hydrogen-bond donors (Lipinski definition) is 2. The average Bonchev–Trinajstić information content (AvgIpc) is 2.25. The van der Waals surface area contributed by atoms with Crippen LogP contribution in [-0.4, -0.2) is 24.5 Å². The fraction of sp³-hybridized carbons (Fsp3) is 0.917. The average molecular weight is 212 g/mol. The molecule has 3 nitrogen and oxygen atoms in total. The first-order valence-corrected chi connectivity index (χ1v) is 6.21. The maximum atomic E-state index is 11.9. The van der Waals surface area contributed by atoms with Gasteiger partial charge in [-0.3, -0.25) is 4.79 Å². The number of carbonyl (C=O) groups is 1. The van der Waals surface area contributed by atoms with Gasteiger partial charge in [0.2, 0.25) is 5.91 Å². The summed E-state index contributed by atoms with van der Waals surface area (Å²) in [5.74, 6) is 0.485. The van der Waals surface area contributed by atoms with E-state index in [2.05, 4.69) is 31.4 Å². The Balaban J connectivity index is 2.38. The lowest BCUT2D eigenvalue weighted by Crippen LogP contribution is -2.45. The van der Waals surface area contributed by atoms with E-state index in [1.165, 1.54) is 0 Å². The minimum absolute atomic E-state index is 0.224. The van der Waals surface area contributed by atoms with Gasteiger partial charge in [0.15, 0.2) is 0 Å². The lowest BCUT2D eigenvalue weighted by molar-refractivity contribution is -0.126. The molecule has 1 fully saturated rings. The standard InChI is InChI=1S/C12H24N2O/c1-4-11(5-2)14-12(15)10-6-7-13-9(3)8-10/h9-11,13H,4-8H2,1-3H3,(H,14,15)/t9-,10-/m0/s1. The van der Waals surface area contributed by atoms with E-state index in [1.54, 1.807) is 0 Å². The fourth-order valence-electron chi connectivity index (χ4n) is 2.18. The van der Waals surface area contributed by atoms with E-state index in [9.17, 15) is 4.79 Å². The molecule has 1 aliphatic rings. The van der Waals surface area contributed by atoms with Gasteiger partial charge in [0.25, 0.3) is 0 Å². The third kappa shape index (κ3) is 3.82. The molecule has 2 atom stereocenters. The molecule has 0 aromatic heterocycles. The van der Waals surface area contributed by atoms with Crippen LogP contribution in [0.15, 0.2) is 0 Å². The highest BCUT2D eigenvalue weighted by Crippen LogP contribution is 2.16. The molecule has 1 heterocycles. The van der Waals surface area contributed by atoms with Gasteiger partial charge in [-0.2, -0.15) is 0 Å². The summed E-state index contributed by atoms with van der Waals surface area (Å²) in [4.78, 5) is 11.9. The quantitative estimate of drug-likeness (QED) is 0.744. The third-order valence-electron chi connectivity index (χ3n) is 3.33. The molecule has 2 N–H and O–H groups in total. The molecule has 1 aliphatic heterocycles. The molecule has 15 heavy (non-hydrogen) atoms. The minimum Gasteiger partial charge on any atom is -0.353 e. The normalized spacial score (nSPS) is 26.7. The van der Waals surface area contributed by atoms with Crippen molar-refractivity contribution in [2.75, 3.05) is 6.54 Å². The number of amides is 1. The first kappa shape index (κ1) is 12.5. The van der Waals surface area contributed by atoms with Crippen LogP contribution < -0.4 is 10.6 Å². The zero-order valence-corrected chi connectivity index (χ0v) is 10.2. The van der Waals surface area contributed by atoms with Gasteiger partial charge in [-0.25, -0.2) is 0 Å². The first-order valence-electron chi connectivity index (χ1n) is 6.21. The zero-order valence-electron chi connectivity index (χ0n) is 10.2. The Bertz CT molecular complexity index is 202. The van der Waals surface area contributed by atoms with Crippen molar-refractivity contribution in [3.05, 3.63) is 0 Å². The van der Waals surface area contributed by atoms with Crippen LogP contribution in [0.4, 0.5) is 0 Å². The highest BCUT2D eigenvalue weighted by molar-refractivity contribution is 5.79. The molecule has 0 unspecified atom stereocenters. The Hall–Kier alpha value is -0.570. The van der Waals surface area contributed by atoms with E-state index < -0.39 is 0 Å². The monoisotopic (exact) mass is 212 g/mol. The van der Waals surface area contributed by atoms with Crippen molar-refractivity contribution in [3.8, 4) is 0 Å². The van der Waals surface area contributed by atoms with Crippen LogP contribution in [0.5, 0.6) is 0 Å². The van der Waals surface area contributed by atoms with Crippen molar-refractivity contribution >= 4 is 5.91 Å². The highest BCUT2D eigenvalue weighted by Gasteiger charge is 2.25. The second-order valence-corrected chi connectivity index (χ2v) is 4.60. The van der Waals surface area contributed by atoms with Crippen molar-refractivity contribution in [3.63, 3.8) is 0 Å². The highest BCUT2D eigenvalue weighted by atomic mass is 16.1. The second-order valence-electron chi connectivity index (χ2n) is 4.60. The van der Waals surface area contributed by atoms with Crippen LogP contribution in [0.3, 0.4) is 0 Å². The Morgan fingerprint density at radius 2 is 2.13 bits per heavy atom. The van der Waals surface area contributed by atoms with E-state index in [0.29, 0.717) is 12.1 Å². The van der Waals surface area contributed by atoms with Crippen LogP contribution in [0.2, 0.25) is 0 Å². The molecule has 0 aromatic carbocycles. The topological polar surface area (TPSA) is 41.1 Å². The summed E-state index contributed by atoms with van der Waals surface area (Å²) in [5, 5.41) is 6.51. The van der Waals surface area contributed by atoms with Gasteiger partial charge in [0, 0.05) is 18.0 Å². The van der Waals surface area contributed by atoms with E-state index in [0.717, 1.165) is 32.2 Å². The number of piperidine rings is 1. The summed E-state index contributed by atoms with van der Waals surface area (Å²) in [6.07, 6.45) is 4.02. The summed E-state index contributed by atoms with van der Waals surface area (Å²) < 4.78 is 0. The third-order valence-corrected chi connectivity index (χ3v) is 3.33. The van der Waals surface area contributed by atoms with Gasteiger partial charge < -0.3 is 10.6 Å². The minimum atomic E-state index is 0.224. The molecule has 1 saturated heterocycles. The summed E-state index contributed by atoms with van der Waals surface area (Å²) in [5.41, 5.74) is 0. The molecule has 88 valence electrons. The summed E-state index contributed by atoms with van der Waals surface area (Å²) >= 11 is 0. The predicted molar refractivity (Wildman–Crippen MR) is 62.7 cm³/mol.